The average Bonchev–Trinajstić information content (AvgIpc) is 3.56. The van der Waals surface area contributed by atoms with Gasteiger partial charge in [0.15, 0.2) is 0 Å². The largest absolute Gasteiger partial charge is 0.507 e. The first kappa shape index (κ1) is 26.8. The Balaban J connectivity index is 0.000000509. The van der Waals surface area contributed by atoms with Gasteiger partial charge in [0.25, 0.3) is 5.91 Å². The number of rotatable bonds is 5. The number of carbonyl (C=O) groups is 1. The Morgan fingerprint density at radius 2 is 1.89 bits per heavy atom. The molecule has 35 heavy (non-hydrogen) atoms. The minimum Gasteiger partial charge on any atom is -0.507 e. The molecule has 0 aliphatic heterocycles. The van der Waals surface area contributed by atoms with Crippen molar-refractivity contribution in [2.24, 2.45) is 0 Å². The van der Waals surface area contributed by atoms with E-state index in [1.165, 1.54) is 23.5 Å². The van der Waals surface area contributed by atoms with Gasteiger partial charge in [0.1, 0.15) is 22.4 Å². The van der Waals surface area contributed by atoms with E-state index in [0.717, 1.165) is 42.8 Å². The molecule has 0 unspecified atom stereocenters. The number of aromatic nitrogens is 1. The molecule has 2 aromatic carbocycles. The number of carbonyl (C=O) groups excluding carboxylic acids is 1. The summed E-state index contributed by atoms with van der Waals surface area (Å²) in [5, 5.41) is 22.3. The number of hydrogen-bond acceptors (Lipinski definition) is 5. The number of nitrogens with one attached hydrogen (secondary N) is 1. The molecule has 1 amide bonds. The number of aliphatic hydroxyl groups excluding tert-OH is 1. The third-order valence-corrected chi connectivity index (χ3v) is 6.60. The number of aliphatic hydroxyl groups is 1. The zero-order chi connectivity index (χ0) is 25.9. The van der Waals surface area contributed by atoms with E-state index in [1.54, 1.807) is 0 Å². The molecular weight excluding hydrogens is 515 g/mol. The summed E-state index contributed by atoms with van der Waals surface area (Å²) in [5.41, 5.74) is -0.103. The predicted octanol–water partition coefficient (Wildman–Crippen LogP) is 7.03. The second-order valence-electron chi connectivity index (χ2n) is 7.63. The lowest BCUT2D eigenvalue weighted by molar-refractivity contribution is -0.130. The van der Waals surface area contributed by atoms with Crippen LogP contribution in [0.4, 0.5) is 27.6 Å². The summed E-state index contributed by atoms with van der Waals surface area (Å²) in [4.78, 5) is 17.6. The van der Waals surface area contributed by atoms with Crippen molar-refractivity contribution in [2.75, 3.05) is 5.32 Å². The molecule has 3 N–H and O–H groups in total. The van der Waals surface area contributed by atoms with Gasteiger partial charge in [0, 0.05) is 16.9 Å². The first-order chi connectivity index (χ1) is 16.4. The molecule has 4 rings (SSSR count). The molecule has 0 atom stereocenters. The van der Waals surface area contributed by atoms with Gasteiger partial charge in [-0.05, 0) is 43.0 Å². The van der Waals surface area contributed by atoms with Crippen molar-refractivity contribution in [3.63, 3.8) is 0 Å². The van der Waals surface area contributed by atoms with Gasteiger partial charge < -0.3 is 15.5 Å². The van der Waals surface area contributed by atoms with E-state index in [9.17, 15) is 37.0 Å². The van der Waals surface area contributed by atoms with Crippen LogP contribution in [-0.4, -0.2) is 27.3 Å². The zero-order valence-electron chi connectivity index (χ0n) is 18.2. The SMILES string of the molecule is CCC(F)(F)F.O=C(Nc1c(F)cccc1Cl)c1cc(F)c(-c2nc(CO)c(C3CC3)s2)cc1O. The molecule has 0 spiro atoms. The van der Waals surface area contributed by atoms with E-state index < -0.39 is 35.9 Å². The number of aromatic hydroxyl groups is 1. The molecule has 1 heterocycles. The summed E-state index contributed by atoms with van der Waals surface area (Å²) >= 11 is 7.14. The molecule has 0 saturated heterocycles. The highest BCUT2D eigenvalue weighted by Gasteiger charge is 2.30. The van der Waals surface area contributed by atoms with Gasteiger partial charge in [0.2, 0.25) is 0 Å². The van der Waals surface area contributed by atoms with Crippen LogP contribution >= 0.6 is 22.9 Å². The smallest absolute Gasteiger partial charge is 0.388 e. The quantitative estimate of drug-likeness (QED) is 0.307. The van der Waals surface area contributed by atoms with Crippen LogP contribution in [0.2, 0.25) is 5.02 Å². The Labute approximate surface area is 206 Å². The van der Waals surface area contributed by atoms with E-state index in [-0.39, 0.29) is 28.4 Å². The van der Waals surface area contributed by atoms with Crippen molar-refractivity contribution in [1.29, 1.82) is 0 Å². The predicted molar refractivity (Wildman–Crippen MR) is 123 cm³/mol. The molecule has 1 fully saturated rings. The van der Waals surface area contributed by atoms with Crippen LogP contribution in [0.3, 0.4) is 0 Å². The van der Waals surface area contributed by atoms with Crippen LogP contribution in [-0.2, 0) is 6.61 Å². The highest BCUT2D eigenvalue weighted by atomic mass is 35.5. The second-order valence-corrected chi connectivity index (χ2v) is 9.07. The molecule has 0 bridgehead atoms. The Bertz CT molecular complexity index is 1210. The third-order valence-electron chi connectivity index (χ3n) is 4.99. The first-order valence-electron chi connectivity index (χ1n) is 10.4. The van der Waals surface area contributed by atoms with Gasteiger partial charge >= 0.3 is 6.18 Å². The standard InChI is InChI=1S/C20H15ClF2N2O3S.C3H5F3/c21-12-2-1-3-13(22)17(12)25-19(28)11-6-14(23)10(7-16(11)27)20-24-15(8-26)18(29-20)9-4-5-9;1-2-3(4,5)6/h1-3,6-7,9,26-27H,4-5,8H2,(H,25,28);2H2,1H3. The van der Waals surface area contributed by atoms with Crippen molar-refractivity contribution in [1.82, 2.24) is 4.98 Å². The minimum absolute atomic E-state index is 0.0228. The third kappa shape index (κ3) is 6.68. The first-order valence-corrected chi connectivity index (χ1v) is 11.6. The number of halogens is 6. The Morgan fingerprint density at radius 3 is 2.43 bits per heavy atom. The summed E-state index contributed by atoms with van der Waals surface area (Å²) in [6.07, 6.45) is -2.69. The van der Waals surface area contributed by atoms with Gasteiger partial charge in [-0.15, -0.1) is 11.3 Å². The summed E-state index contributed by atoms with van der Waals surface area (Å²) in [6.45, 7) is 0.833. The fourth-order valence-electron chi connectivity index (χ4n) is 2.96. The topological polar surface area (TPSA) is 82.5 Å². The van der Waals surface area contributed by atoms with Crippen molar-refractivity contribution >= 4 is 34.5 Å². The van der Waals surface area contributed by atoms with Crippen molar-refractivity contribution in [3.05, 3.63) is 63.1 Å². The maximum absolute atomic E-state index is 14.7. The van der Waals surface area contributed by atoms with Crippen LogP contribution < -0.4 is 5.32 Å². The van der Waals surface area contributed by atoms with Crippen molar-refractivity contribution in [3.8, 4) is 16.3 Å². The van der Waals surface area contributed by atoms with E-state index in [4.69, 9.17) is 11.6 Å². The minimum atomic E-state index is -3.96. The fourth-order valence-corrected chi connectivity index (χ4v) is 4.43. The van der Waals surface area contributed by atoms with Crippen LogP contribution in [0.1, 0.15) is 53.0 Å². The normalized spacial score (nSPS) is 13.3. The lowest BCUT2D eigenvalue weighted by Crippen LogP contribution is -2.14. The Hall–Kier alpha value is -2.76. The number of benzene rings is 2. The molecule has 5 nitrogen and oxygen atoms in total. The molecule has 188 valence electrons. The Morgan fingerprint density at radius 1 is 1.23 bits per heavy atom. The maximum Gasteiger partial charge on any atom is 0.388 e. The van der Waals surface area contributed by atoms with Crippen LogP contribution in [0.5, 0.6) is 5.75 Å². The number of alkyl halides is 3. The number of thiazole rings is 1. The second kappa shape index (κ2) is 10.9. The summed E-state index contributed by atoms with van der Waals surface area (Å²) < 4.78 is 61.0. The lowest BCUT2D eigenvalue weighted by atomic mass is 10.1. The molecule has 1 aliphatic rings. The number of nitrogens with zero attached hydrogens (tertiary/aromatic N) is 1. The van der Waals surface area contributed by atoms with E-state index in [0.29, 0.717) is 16.6 Å². The fraction of sp³-hybridized carbons (Fsp3) is 0.304. The molecule has 1 aliphatic carbocycles. The number of para-hydroxylation sites is 1. The summed E-state index contributed by atoms with van der Waals surface area (Å²) in [7, 11) is 0. The van der Waals surface area contributed by atoms with Gasteiger partial charge in [0.05, 0.1) is 28.6 Å². The highest BCUT2D eigenvalue weighted by Crippen LogP contribution is 2.46. The number of hydrogen-bond donors (Lipinski definition) is 3. The molecule has 0 radical (unpaired) electrons. The van der Waals surface area contributed by atoms with Crippen molar-refractivity contribution in [2.45, 2.75) is 44.9 Å². The van der Waals surface area contributed by atoms with Gasteiger partial charge in [-0.2, -0.15) is 13.2 Å². The van der Waals surface area contributed by atoms with Crippen LogP contribution in [0.15, 0.2) is 30.3 Å². The summed E-state index contributed by atoms with van der Waals surface area (Å²) in [5.74, 6) is -2.59. The highest BCUT2D eigenvalue weighted by molar-refractivity contribution is 7.15. The number of anilines is 1. The van der Waals surface area contributed by atoms with Gasteiger partial charge in [-0.1, -0.05) is 24.6 Å². The number of phenols is 1. The summed E-state index contributed by atoms with van der Waals surface area (Å²) in [6, 6.07) is 5.85. The van der Waals surface area contributed by atoms with E-state index in [1.807, 2.05) is 0 Å². The monoisotopic (exact) mass is 534 g/mol. The molecular formula is C23H20ClF5N2O3S. The molecule has 1 saturated carbocycles. The number of amides is 1. The van der Waals surface area contributed by atoms with Crippen LogP contribution in [0, 0.1) is 11.6 Å². The van der Waals surface area contributed by atoms with Gasteiger partial charge in [-0.25, -0.2) is 13.8 Å². The Kier molecular flexibility index (Phi) is 8.34. The molecule has 1 aromatic heterocycles. The molecule has 3 aromatic rings. The zero-order valence-corrected chi connectivity index (χ0v) is 19.8. The van der Waals surface area contributed by atoms with Crippen molar-refractivity contribution < 1.29 is 37.0 Å². The average molecular weight is 535 g/mol. The van der Waals surface area contributed by atoms with E-state index in [2.05, 4.69) is 10.3 Å². The van der Waals surface area contributed by atoms with Gasteiger partial charge in [-0.3, -0.25) is 4.79 Å². The molecule has 12 heteroatoms. The lowest BCUT2D eigenvalue weighted by Gasteiger charge is -2.10. The van der Waals surface area contributed by atoms with E-state index >= 15 is 0 Å². The van der Waals surface area contributed by atoms with Crippen LogP contribution in [0.25, 0.3) is 10.6 Å². The maximum atomic E-state index is 14.7. The number of phenolic OH excluding ortho intramolecular Hbond substituents is 1.